The number of carbonyl (C=O) groups is 3. The molecule has 0 spiro atoms. The molecule has 0 radical (unpaired) electrons. The molecule has 1 unspecified atom stereocenters. The molecule has 27 heavy (non-hydrogen) atoms. The van der Waals surface area contributed by atoms with Gasteiger partial charge in [-0.25, -0.2) is 0 Å². The van der Waals surface area contributed by atoms with Gasteiger partial charge in [0.25, 0.3) is 5.97 Å². The van der Waals surface area contributed by atoms with Gasteiger partial charge >= 0.3 is 17.9 Å². The molecule has 2 aliphatic heterocycles. The lowest BCUT2D eigenvalue weighted by atomic mass is 9.98. The van der Waals surface area contributed by atoms with Gasteiger partial charge in [-0.05, 0) is 13.8 Å². The van der Waals surface area contributed by atoms with Crippen molar-refractivity contribution in [3.05, 3.63) is 0 Å². The Labute approximate surface area is 157 Å². The monoisotopic (exact) mass is 390 g/mol. The summed E-state index contributed by atoms with van der Waals surface area (Å²) < 4.78 is 38.6. The van der Waals surface area contributed by atoms with Gasteiger partial charge in [0.1, 0.15) is 12.7 Å². The Bertz CT molecular complexity index is 576. The van der Waals surface area contributed by atoms with E-state index >= 15 is 0 Å². The first-order valence-electron chi connectivity index (χ1n) is 8.67. The van der Waals surface area contributed by atoms with E-state index in [1.54, 1.807) is 20.8 Å². The van der Waals surface area contributed by atoms with E-state index in [0.29, 0.717) is 0 Å². The normalized spacial score (nSPS) is 35.4. The van der Waals surface area contributed by atoms with Crippen LogP contribution in [0.1, 0.15) is 41.5 Å². The molecular weight excluding hydrogens is 364 g/mol. The Morgan fingerprint density at radius 3 is 2.07 bits per heavy atom. The lowest BCUT2D eigenvalue weighted by Crippen LogP contribution is -2.60. The van der Waals surface area contributed by atoms with Crippen molar-refractivity contribution in [2.75, 3.05) is 6.61 Å². The van der Waals surface area contributed by atoms with Crippen LogP contribution in [0.25, 0.3) is 0 Å². The zero-order valence-electron chi connectivity index (χ0n) is 16.3. The van der Waals surface area contributed by atoms with Gasteiger partial charge in [0.15, 0.2) is 24.6 Å². The third-order valence-corrected chi connectivity index (χ3v) is 3.78. The van der Waals surface area contributed by atoms with Crippen molar-refractivity contribution in [1.29, 1.82) is 0 Å². The summed E-state index contributed by atoms with van der Waals surface area (Å²) in [5, 5.41) is 0. The Morgan fingerprint density at radius 2 is 1.56 bits per heavy atom. The molecule has 0 aromatic rings. The number of ether oxygens (including phenoxy) is 7. The van der Waals surface area contributed by atoms with Gasteiger partial charge in [-0.15, -0.1) is 0 Å². The van der Waals surface area contributed by atoms with Crippen LogP contribution in [-0.4, -0.2) is 67.3 Å². The van der Waals surface area contributed by atoms with Crippen molar-refractivity contribution in [2.45, 2.75) is 84.3 Å². The standard InChI is InChI=1S/C17H26O10/c1-8(2)25-17(6)26-15-14(23-11(5)20)13(22-10(4)19)12(7-21-9(3)18)24-16(15)27-17/h8,12-16H,7H2,1-6H3/t12-,13-,14+,15+,16+,17?/m1/s1. The summed E-state index contributed by atoms with van der Waals surface area (Å²) in [7, 11) is 0. The molecule has 6 atom stereocenters. The Balaban J connectivity index is 2.30. The topological polar surface area (TPSA) is 116 Å². The quantitative estimate of drug-likeness (QED) is 0.473. The van der Waals surface area contributed by atoms with E-state index in [2.05, 4.69) is 0 Å². The van der Waals surface area contributed by atoms with Crippen molar-refractivity contribution >= 4 is 17.9 Å². The first kappa shape index (κ1) is 21.5. The second-order valence-corrected chi connectivity index (χ2v) is 6.72. The highest BCUT2D eigenvalue weighted by Crippen LogP contribution is 2.40. The van der Waals surface area contributed by atoms with E-state index in [9.17, 15) is 14.4 Å². The third-order valence-electron chi connectivity index (χ3n) is 3.78. The lowest BCUT2D eigenvalue weighted by molar-refractivity contribution is -0.355. The lowest BCUT2D eigenvalue weighted by Gasteiger charge is -2.40. The van der Waals surface area contributed by atoms with Crippen molar-refractivity contribution in [3.8, 4) is 0 Å². The molecule has 0 aliphatic carbocycles. The molecule has 0 aromatic heterocycles. The van der Waals surface area contributed by atoms with Crippen molar-refractivity contribution in [1.82, 2.24) is 0 Å². The molecule has 0 N–H and O–H groups in total. The number of carbonyl (C=O) groups excluding carboxylic acids is 3. The fraction of sp³-hybridized carbons (Fsp3) is 0.824. The molecule has 10 heteroatoms. The maximum absolute atomic E-state index is 11.6. The van der Waals surface area contributed by atoms with Gasteiger partial charge in [0.2, 0.25) is 0 Å². The second kappa shape index (κ2) is 8.51. The van der Waals surface area contributed by atoms with Crippen LogP contribution in [0.15, 0.2) is 0 Å². The maximum atomic E-state index is 11.6. The highest BCUT2D eigenvalue weighted by Gasteiger charge is 2.59. The van der Waals surface area contributed by atoms with Gasteiger partial charge in [-0.2, -0.15) is 0 Å². The summed E-state index contributed by atoms with van der Waals surface area (Å²) in [4.78, 5) is 34.4. The maximum Gasteiger partial charge on any atom is 0.303 e. The van der Waals surface area contributed by atoms with Gasteiger partial charge in [-0.3, -0.25) is 19.1 Å². The smallest absolute Gasteiger partial charge is 0.303 e. The average molecular weight is 390 g/mol. The first-order valence-corrected chi connectivity index (χ1v) is 8.67. The molecule has 0 bridgehead atoms. The van der Waals surface area contributed by atoms with E-state index < -0.39 is 54.6 Å². The van der Waals surface area contributed by atoms with Gasteiger partial charge in [0, 0.05) is 27.7 Å². The predicted octanol–water partition coefficient (Wildman–Crippen LogP) is 0.652. The Morgan fingerprint density at radius 1 is 0.963 bits per heavy atom. The van der Waals surface area contributed by atoms with Crippen LogP contribution in [-0.2, 0) is 47.5 Å². The van der Waals surface area contributed by atoms with Crippen molar-refractivity contribution < 1.29 is 47.5 Å². The van der Waals surface area contributed by atoms with Crippen LogP contribution in [0.2, 0.25) is 0 Å². The zero-order valence-corrected chi connectivity index (χ0v) is 16.3. The summed E-state index contributed by atoms with van der Waals surface area (Å²) in [6.45, 7) is 8.60. The molecule has 154 valence electrons. The van der Waals surface area contributed by atoms with Crippen LogP contribution in [0.3, 0.4) is 0 Å². The zero-order chi connectivity index (χ0) is 20.4. The van der Waals surface area contributed by atoms with Crippen LogP contribution < -0.4 is 0 Å². The molecular formula is C17H26O10. The number of fused-ring (bicyclic) bond motifs is 1. The fourth-order valence-electron chi connectivity index (χ4n) is 3.06. The minimum absolute atomic E-state index is 0.219. The van der Waals surface area contributed by atoms with Gasteiger partial charge in [-0.1, -0.05) is 0 Å². The molecule has 2 rings (SSSR count). The Hall–Kier alpha value is -1.75. The summed E-state index contributed by atoms with van der Waals surface area (Å²) >= 11 is 0. The number of hydrogen-bond acceptors (Lipinski definition) is 10. The third kappa shape index (κ3) is 5.61. The molecule has 0 saturated carbocycles. The van der Waals surface area contributed by atoms with E-state index in [1.807, 2.05) is 0 Å². The minimum atomic E-state index is -1.45. The van der Waals surface area contributed by atoms with Crippen LogP contribution in [0, 0.1) is 0 Å². The summed E-state index contributed by atoms with van der Waals surface area (Å²) in [6.07, 6.45) is -5.13. The van der Waals surface area contributed by atoms with E-state index in [4.69, 9.17) is 33.2 Å². The molecule has 2 fully saturated rings. The molecule has 2 aliphatic rings. The van der Waals surface area contributed by atoms with Gasteiger partial charge in [0.05, 0.1) is 6.10 Å². The molecule has 0 amide bonds. The van der Waals surface area contributed by atoms with Crippen molar-refractivity contribution in [3.63, 3.8) is 0 Å². The van der Waals surface area contributed by atoms with E-state index in [0.717, 1.165) is 0 Å². The molecule has 10 nitrogen and oxygen atoms in total. The number of rotatable bonds is 6. The predicted molar refractivity (Wildman–Crippen MR) is 87.0 cm³/mol. The molecule has 2 saturated heterocycles. The minimum Gasteiger partial charge on any atom is -0.463 e. The summed E-state index contributed by atoms with van der Waals surface area (Å²) in [5.74, 6) is -3.21. The number of hydrogen-bond donors (Lipinski definition) is 0. The van der Waals surface area contributed by atoms with Gasteiger partial charge < -0.3 is 28.4 Å². The van der Waals surface area contributed by atoms with Crippen LogP contribution in [0.4, 0.5) is 0 Å². The summed E-state index contributed by atoms with van der Waals surface area (Å²) in [6, 6.07) is 0. The van der Waals surface area contributed by atoms with Crippen LogP contribution in [0.5, 0.6) is 0 Å². The largest absolute Gasteiger partial charge is 0.463 e. The average Bonchev–Trinajstić information content (AvgIpc) is 2.81. The van der Waals surface area contributed by atoms with E-state index in [-0.39, 0.29) is 12.7 Å². The second-order valence-electron chi connectivity index (χ2n) is 6.72. The number of esters is 3. The SMILES string of the molecule is CC(=O)OC[C@H]1O[C@H]2OC(C)(OC(C)C)O[C@H]2[C@@H](OC(C)=O)[C@@H]1OC(C)=O. The highest BCUT2D eigenvalue weighted by atomic mass is 16.9. The highest BCUT2D eigenvalue weighted by molar-refractivity contribution is 5.67. The summed E-state index contributed by atoms with van der Waals surface area (Å²) in [5.41, 5.74) is 0. The molecule has 2 heterocycles. The van der Waals surface area contributed by atoms with E-state index in [1.165, 1.54) is 20.8 Å². The van der Waals surface area contributed by atoms with Crippen LogP contribution >= 0.6 is 0 Å². The molecule has 0 aromatic carbocycles. The Kier molecular flexibility index (Phi) is 6.79. The first-order chi connectivity index (χ1) is 12.5. The fourth-order valence-corrected chi connectivity index (χ4v) is 3.06. The van der Waals surface area contributed by atoms with Crippen molar-refractivity contribution in [2.24, 2.45) is 0 Å².